The number of Topliss-reactive ketones (excluding diaryl/α,β-unsaturated/α-hetero) is 1. The second-order valence-corrected chi connectivity index (χ2v) is 7.54. The Kier molecular flexibility index (Phi) is 6.53. The minimum atomic E-state index is -2.84. The average molecular weight is 436 g/mol. The van der Waals surface area contributed by atoms with Gasteiger partial charge >= 0.3 is 11.9 Å². The van der Waals surface area contributed by atoms with Crippen LogP contribution in [0.4, 0.5) is 0 Å². The second kappa shape index (κ2) is 8.27. The standard InChI is InChI=1S/C17H10Cl4O5/c18-16(19,14(23)25-11-7-3-1-4-8-11)13(22)17(20,21)15(24)26-12-9-5-2-6-10-12/h1-10H. The molecule has 0 aliphatic carbocycles. The summed E-state index contributed by atoms with van der Waals surface area (Å²) in [6, 6.07) is 15.4. The number of para-hydroxylation sites is 2. The summed E-state index contributed by atoms with van der Waals surface area (Å²) in [6.45, 7) is 0. The first-order valence-electron chi connectivity index (χ1n) is 7.01. The van der Waals surface area contributed by atoms with E-state index in [1.165, 1.54) is 24.3 Å². The molecule has 2 aromatic rings. The molecule has 0 unspecified atom stereocenters. The average Bonchev–Trinajstić information content (AvgIpc) is 2.62. The molecule has 0 N–H and O–H groups in total. The minimum Gasteiger partial charge on any atom is -0.424 e. The number of hydrogen-bond donors (Lipinski definition) is 0. The fourth-order valence-corrected chi connectivity index (χ4v) is 2.62. The van der Waals surface area contributed by atoms with Gasteiger partial charge in [-0.25, -0.2) is 9.59 Å². The van der Waals surface area contributed by atoms with Gasteiger partial charge in [0.05, 0.1) is 0 Å². The van der Waals surface area contributed by atoms with E-state index >= 15 is 0 Å². The van der Waals surface area contributed by atoms with Gasteiger partial charge in [0.25, 0.3) is 8.67 Å². The van der Waals surface area contributed by atoms with Gasteiger partial charge in [-0.05, 0) is 24.3 Å². The topological polar surface area (TPSA) is 69.7 Å². The molecule has 5 nitrogen and oxygen atoms in total. The van der Waals surface area contributed by atoms with E-state index in [0.29, 0.717) is 0 Å². The van der Waals surface area contributed by atoms with E-state index in [4.69, 9.17) is 55.9 Å². The van der Waals surface area contributed by atoms with E-state index in [0.717, 1.165) is 0 Å². The maximum Gasteiger partial charge on any atom is 0.356 e. The van der Waals surface area contributed by atoms with Crippen molar-refractivity contribution in [1.29, 1.82) is 0 Å². The summed E-state index contributed by atoms with van der Waals surface area (Å²) in [4.78, 5) is 36.7. The molecule has 2 aromatic carbocycles. The first-order chi connectivity index (χ1) is 12.2. The fourth-order valence-electron chi connectivity index (χ4n) is 1.70. The molecule has 9 heteroatoms. The van der Waals surface area contributed by atoms with Crippen molar-refractivity contribution < 1.29 is 23.9 Å². The molecule has 0 atom stereocenters. The van der Waals surface area contributed by atoms with Gasteiger partial charge in [-0.2, -0.15) is 0 Å². The molecule has 0 fully saturated rings. The lowest BCUT2D eigenvalue weighted by molar-refractivity contribution is -0.142. The number of carbonyl (C=O) groups excluding carboxylic acids is 3. The lowest BCUT2D eigenvalue weighted by Gasteiger charge is -2.23. The fraction of sp³-hybridized carbons (Fsp3) is 0.118. The number of esters is 2. The van der Waals surface area contributed by atoms with Crippen molar-refractivity contribution in [2.24, 2.45) is 0 Å². The smallest absolute Gasteiger partial charge is 0.356 e. The van der Waals surface area contributed by atoms with E-state index in [-0.39, 0.29) is 11.5 Å². The predicted molar refractivity (Wildman–Crippen MR) is 98.0 cm³/mol. The van der Waals surface area contributed by atoms with Crippen molar-refractivity contribution in [3.63, 3.8) is 0 Å². The van der Waals surface area contributed by atoms with E-state index in [2.05, 4.69) is 0 Å². The zero-order valence-electron chi connectivity index (χ0n) is 12.8. The van der Waals surface area contributed by atoms with Crippen molar-refractivity contribution in [2.75, 3.05) is 0 Å². The third-order valence-electron chi connectivity index (χ3n) is 2.99. The number of ketones is 1. The van der Waals surface area contributed by atoms with Gasteiger partial charge in [0, 0.05) is 0 Å². The second-order valence-electron chi connectivity index (χ2n) is 4.88. The highest BCUT2D eigenvalue weighted by Gasteiger charge is 2.58. The molecule has 0 saturated carbocycles. The van der Waals surface area contributed by atoms with E-state index in [9.17, 15) is 14.4 Å². The van der Waals surface area contributed by atoms with Crippen LogP contribution < -0.4 is 9.47 Å². The summed E-state index contributed by atoms with van der Waals surface area (Å²) in [5, 5.41) is 0. The molecule has 0 heterocycles. The van der Waals surface area contributed by atoms with Gasteiger partial charge in [0.2, 0.25) is 5.78 Å². The van der Waals surface area contributed by atoms with Gasteiger partial charge in [-0.1, -0.05) is 82.8 Å². The lowest BCUT2D eigenvalue weighted by atomic mass is 10.2. The molecule has 0 aliphatic rings. The highest BCUT2D eigenvalue weighted by Crippen LogP contribution is 2.36. The number of hydrogen-bond acceptors (Lipinski definition) is 5. The van der Waals surface area contributed by atoms with Crippen LogP contribution in [0.5, 0.6) is 11.5 Å². The molecule has 0 aromatic heterocycles. The Hall–Kier alpha value is -1.79. The van der Waals surface area contributed by atoms with Crippen molar-refractivity contribution >= 4 is 64.1 Å². The molecule has 0 aliphatic heterocycles. The van der Waals surface area contributed by atoms with E-state index < -0.39 is 26.4 Å². The Morgan fingerprint density at radius 1 is 0.615 bits per heavy atom. The first kappa shape index (κ1) is 20.5. The quantitative estimate of drug-likeness (QED) is 0.295. The first-order valence-corrected chi connectivity index (χ1v) is 8.52. The van der Waals surface area contributed by atoms with Gasteiger partial charge in [0.15, 0.2) is 0 Å². The Morgan fingerprint density at radius 3 is 1.23 bits per heavy atom. The molecule has 0 amide bonds. The van der Waals surface area contributed by atoms with Crippen LogP contribution in [-0.2, 0) is 14.4 Å². The summed E-state index contributed by atoms with van der Waals surface area (Å²) in [7, 11) is 0. The number of carbonyl (C=O) groups is 3. The molecular formula is C17H10Cl4O5. The number of halogens is 4. The third kappa shape index (κ3) is 4.68. The Morgan fingerprint density at radius 2 is 0.923 bits per heavy atom. The largest absolute Gasteiger partial charge is 0.424 e. The monoisotopic (exact) mass is 434 g/mol. The van der Waals surface area contributed by atoms with Gasteiger partial charge in [0.1, 0.15) is 11.5 Å². The van der Waals surface area contributed by atoms with Crippen LogP contribution in [0, 0.1) is 0 Å². The third-order valence-corrected chi connectivity index (χ3v) is 4.29. The zero-order chi connectivity index (χ0) is 19.4. The van der Waals surface area contributed by atoms with Crippen LogP contribution in [-0.4, -0.2) is 26.4 Å². The SMILES string of the molecule is O=C(Oc1ccccc1)C(Cl)(Cl)C(=O)C(Cl)(Cl)C(=O)Oc1ccccc1. The number of rotatable bonds is 6. The summed E-state index contributed by atoms with van der Waals surface area (Å²) >= 11 is 23.1. The highest BCUT2D eigenvalue weighted by atomic mass is 35.5. The van der Waals surface area contributed by atoms with Crippen LogP contribution in [0.1, 0.15) is 0 Å². The molecular weight excluding hydrogens is 426 g/mol. The zero-order valence-corrected chi connectivity index (χ0v) is 15.9. The van der Waals surface area contributed by atoms with Crippen LogP contribution in [0.15, 0.2) is 60.7 Å². The minimum absolute atomic E-state index is 0.0811. The van der Waals surface area contributed by atoms with Gasteiger partial charge in [-0.15, -0.1) is 0 Å². The maximum atomic E-state index is 12.4. The molecule has 2 rings (SSSR count). The molecule has 136 valence electrons. The number of ether oxygens (including phenoxy) is 2. The van der Waals surface area contributed by atoms with Crippen LogP contribution in [0.3, 0.4) is 0 Å². The molecule has 26 heavy (non-hydrogen) atoms. The van der Waals surface area contributed by atoms with Gasteiger partial charge in [-0.3, -0.25) is 4.79 Å². The van der Waals surface area contributed by atoms with Crippen LogP contribution in [0.2, 0.25) is 0 Å². The lowest BCUT2D eigenvalue weighted by Crippen LogP contribution is -2.51. The highest BCUT2D eigenvalue weighted by molar-refractivity contribution is 6.78. The van der Waals surface area contributed by atoms with Crippen LogP contribution >= 0.6 is 46.4 Å². The van der Waals surface area contributed by atoms with Gasteiger partial charge < -0.3 is 9.47 Å². The Balaban J connectivity index is 2.15. The molecule has 0 radical (unpaired) electrons. The number of benzene rings is 2. The van der Waals surface area contributed by atoms with Crippen molar-refractivity contribution in [3.8, 4) is 11.5 Å². The number of alkyl halides is 4. The van der Waals surface area contributed by atoms with Crippen molar-refractivity contribution in [2.45, 2.75) is 8.67 Å². The Labute approximate surface area is 168 Å². The molecule has 0 saturated heterocycles. The van der Waals surface area contributed by atoms with E-state index in [1.807, 2.05) is 0 Å². The maximum absolute atomic E-state index is 12.4. The van der Waals surface area contributed by atoms with Crippen molar-refractivity contribution in [3.05, 3.63) is 60.7 Å². The molecule has 0 spiro atoms. The van der Waals surface area contributed by atoms with Crippen molar-refractivity contribution in [1.82, 2.24) is 0 Å². The predicted octanol–water partition coefficient (Wildman–Crippen LogP) is 4.11. The summed E-state index contributed by atoms with van der Waals surface area (Å²) in [5.74, 6) is -4.08. The summed E-state index contributed by atoms with van der Waals surface area (Å²) in [5.41, 5.74) is 0. The van der Waals surface area contributed by atoms with Crippen LogP contribution in [0.25, 0.3) is 0 Å². The summed E-state index contributed by atoms with van der Waals surface area (Å²) in [6.07, 6.45) is 0. The normalized spacial score (nSPS) is 11.5. The van der Waals surface area contributed by atoms with E-state index in [1.54, 1.807) is 36.4 Å². The Bertz CT molecular complexity index is 739. The summed E-state index contributed by atoms with van der Waals surface area (Å²) < 4.78 is 4.12. The molecule has 0 bridgehead atoms.